The van der Waals surface area contributed by atoms with Crippen LogP contribution in [0, 0.1) is 0 Å². The van der Waals surface area contributed by atoms with Gasteiger partial charge in [0.15, 0.2) is 0 Å². The third-order valence-electron chi connectivity index (χ3n) is 4.15. The average Bonchev–Trinajstić information content (AvgIpc) is 2.53. The number of methoxy groups -OCH3 is 1. The zero-order chi connectivity index (χ0) is 18.8. The third kappa shape index (κ3) is 4.14. The molecule has 0 saturated carbocycles. The van der Waals surface area contributed by atoms with E-state index in [2.05, 4.69) is 29.4 Å². The SMILES string of the molecule is COC(=O)c1cnc(-c2ccc(C(C(C)=O)[Si](C)(C)C)cc2)cc1N. The topological polar surface area (TPSA) is 82.3 Å². The molecule has 0 spiro atoms. The van der Waals surface area contributed by atoms with Crippen molar-refractivity contribution in [3.63, 3.8) is 0 Å². The molecule has 2 aromatic rings. The highest BCUT2D eigenvalue weighted by Gasteiger charge is 2.31. The quantitative estimate of drug-likeness (QED) is 0.653. The van der Waals surface area contributed by atoms with Gasteiger partial charge in [-0.25, -0.2) is 4.79 Å². The number of nitrogens with zero attached hydrogens (tertiary/aromatic N) is 1. The van der Waals surface area contributed by atoms with Crippen molar-refractivity contribution in [3.05, 3.63) is 47.7 Å². The zero-order valence-electron chi connectivity index (χ0n) is 15.3. The molecular weight excluding hydrogens is 332 g/mol. The van der Waals surface area contributed by atoms with E-state index >= 15 is 0 Å². The van der Waals surface area contributed by atoms with Crippen LogP contribution in [0.3, 0.4) is 0 Å². The van der Waals surface area contributed by atoms with Crippen molar-refractivity contribution >= 4 is 25.5 Å². The minimum atomic E-state index is -1.66. The summed E-state index contributed by atoms with van der Waals surface area (Å²) in [4.78, 5) is 28.0. The van der Waals surface area contributed by atoms with Crippen LogP contribution in [0.4, 0.5) is 5.69 Å². The van der Waals surface area contributed by atoms with Crippen LogP contribution in [-0.4, -0.2) is 31.9 Å². The van der Waals surface area contributed by atoms with Crippen LogP contribution in [0.2, 0.25) is 19.6 Å². The van der Waals surface area contributed by atoms with Gasteiger partial charge in [0.1, 0.15) is 11.3 Å². The van der Waals surface area contributed by atoms with E-state index in [0.717, 1.165) is 11.1 Å². The lowest BCUT2D eigenvalue weighted by atomic mass is 10.0. The number of ether oxygens (including phenoxy) is 1. The first-order valence-electron chi connectivity index (χ1n) is 8.09. The van der Waals surface area contributed by atoms with E-state index < -0.39 is 14.0 Å². The number of pyridine rings is 1. The van der Waals surface area contributed by atoms with Crippen LogP contribution >= 0.6 is 0 Å². The monoisotopic (exact) mass is 356 g/mol. The Morgan fingerprint density at radius 2 is 1.76 bits per heavy atom. The number of anilines is 1. The fraction of sp³-hybridized carbons (Fsp3) is 0.316. The van der Waals surface area contributed by atoms with Crippen molar-refractivity contribution < 1.29 is 14.3 Å². The van der Waals surface area contributed by atoms with Crippen LogP contribution in [-0.2, 0) is 9.53 Å². The molecule has 25 heavy (non-hydrogen) atoms. The second-order valence-corrected chi connectivity index (χ2v) is 12.5. The number of benzene rings is 1. The smallest absolute Gasteiger partial charge is 0.341 e. The largest absolute Gasteiger partial charge is 0.465 e. The molecule has 0 radical (unpaired) electrons. The molecule has 0 saturated heterocycles. The summed E-state index contributed by atoms with van der Waals surface area (Å²) >= 11 is 0. The number of Topliss-reactive ketones (excluding diaryl/α,β-unsaturated/α-hetero) is 1. The molecule has 1 aromatic heterocycles. The third-order valence-corrected chi connectivity index (χ3v) is 6.63. The van der Waals surface area contributed by atoms with E-state index in [1.807, 2.05) is 24.3 Å². The van der Waals surface area contributed by atoms with Crippen molar-refractivity contribution in [2.45, 2.75) is 32.1 Å². The molecule has 0 aliphatic rings. The lowest BCUT2D eigenvalue weighted by Crippen LogP contribution is -2.35. The van der Waals surface area contributed by atoms with Gasteiger partial charge >= 0.3 is 5.97 Å². The van der Waals surface area contributed by atoms with Gasteiger partial charge in [0.25, 0.3) is 0 Å². The predicted molar refractivity (Wildman–Crippen MR) is 102 cm³/mol. The molecule has 6 heteroatoms. The lowest BCUT2D eigenvalue weighted by Gasteiger charge is -2.27. The van der Waals surface area contributed by atoms with E-state index in [1.165, 1.54) is 13.3 Å². The molecule has 1 heterocycles. The highest BCUT2D eigenvalue weighted by atomic mass is 28.3. The van der Waals surface area contributed by atoms with Gasteiger partial charge in [-0.05, 0) is 18.6 Å². The van der Waals surface area contributed by atoms with E-state index in [1.54, 1.807) is 13.0 Å². The molecule has 0 fully saturated rings. The van der Waals surface area contributed by atoms with Gasteiger partial charge in [-0.2, -0.15) is 0 Å². The number of esters is 1. The van der Waals surface area contributed by atoms with Crippen molar-refractivity contribution in [1.82, 2.24) is 4.98 Å². The summed E-state index contributed by atoms with van der Waals surface area (Å²) in [6.45, 7) is 8.24. The van der Waals surface area contributed by atoms with E-state index in [-0.39, 0.29) is 16.9 Å². The maximum atomic E-state index is 12.1. The van der Waals surface area contributed by atoms with E-state index in [4.69, 9.17) is 5.73 Å². The fourth-order valence-electron chi connectivity index (χ4n) is 3.10. The molecule has 1 atom stereocenters. The summed E-state index contributed by atoms with van der Waals surface area (Å²) in [6, 6.07) is 9.48. The van der Waals surface area contributed by atoms with Gasteiger partial charge in [0.05, 0.1) is 20.9 Å². The number of carbonyl (C=O) groups is 2. The number of carbonyl (C=O) groups excluding carboxylic acids is 2. The van der Waals surface area contributed by atoms with Gasteiger partial charge in [-0.1, -0.05) is 43.9 Å². The first-order valence-corrected chi connectivity index (χ1v) is 11.7. The molecule has 132 valence electrons. The maximum Gasteiger partial charge on any atom is 0.341 e. The summed E-state index contributed by atoms with van der Waals surface area (Å²) in [5.74, 6) is -0.303. The van der Waals surface area contributed by atoms with Crippen molar-refractivity contribution in [2.24, 2.45) is 0 Å². The van der Waals surface area contributed by atoms with Gasteiger partial charge in [-0.3, -0.25) is 9.78 Å². The fourth-order valence-corrected chi connectivity index (χ4v) is 5.51. The van der Waals surface area contributed by atoms with Crippen LogP contribution in [0.1, 0.15) is 28.4 Å². The Kier molecular flexibility index (Phi) is 5.42. The predicted octanol–water partition coefficient (Wildman–Crippen LogP) is 3.67. The zero-order valence-corrected chi connectivity index (χ0v) is 16.3. The number of rotatable bonds is 5. The van der Waals surface area contributed by atoms with Crippen molar-refractivity contribution in [3.8, 4) is 11.3 Å². The Balaban J connectivity index is 2.36. The number of nitrogens with two attached hydrogens (primary N) is 1. The van der Waals surface area contributed by atoms with Crippen LogP contribution in [0.25, 0.3) is 11.3 Å². The Morgan fingerprint density at radius 1 is 1.16 bits per heavy atom. The maximum absolute atomic E-state index is 12.1. The molecular formula is C19H24N2O3Si. The Morgan fingerprint density at radius 3 is 2.20 bits per heavy atom. The lowest BCUT2D eigenvalue weighted by molar-refractivity contribution is -0.116. The molecule has 1 aromatic carbocycles. The number of aromatic nitrogens is 1. The second-order valence-electron chi connectivity index (χ2n) is 7.18. The van der Waals surface area contributed by atoms with Crippen molar-refractivity contribution in [2.75, 3.05) is 12.8 Å². The normalized spacial score (nSPS) is 12.5. The van der Waals surface area contributed by atoms with Crippen molar-refractivity contribution in [1.29, 1.82) is 0 Å². The summed E-state index contributed by atoms with van der Waals surface area (Å²) in [7, 11) is -0.353. The minimum Gasteiger partial charge on any atom is -0.465 e. The number of nitrogen functional groups attached to an aromatic ring is 1. The molecule has 2 N–H and O–H groups in total. The Hall–Kier alpha value is -2.47. The molecule has 0 bridgehead atoms. The average molecular weight is 356 g/mol. The highest BCUT2D eigenvalue weighted by Crippen LogP contribution is 2.30. The summed E-state index contributed by atoms with van der Waals surface area (Å²) < 4.78 is 4.67. The molecule has 0 aliphatic heterocycles. The summed E-state index contributed by atoms with van der Waals surface area (Å²) in [5.41, 5.74) is 9.06. The number of ketones is 1. The summed E-state index contributed by atoms with van der Waals surface area (Å²) in [6.07, 6.45) is 1.42. The van der Waals surface area contributed by atoms with Gasteiger partial charge in [0.2, 0.25) is 0 Å². The first-order chi connectivity index (χ1) is 11.6. The van der Waals surface area contributed by atoms with Crippen LogP contribution < -0.4 is 5.73 Å². The van der Waals surface area contributed by atoms with Crippen LogP contribution in [0.5, 0.6) is 0 Å². The highest BCUT2D eigenvalue weighted by molar-refractivity contribution is 6.80. The molecule has 2 rings (SSSR count). The van der Waals surface area contributed by atoms with Crippen LogP contribution in [0.15, 0.2) is 36.5 Å². The summed E-state index contributed by atoms with van der Waals surface area (Å²) in [5, 5.41) is 0. The molecule has 0 amide bonds. The molecule has 5 nitrogen and oxygen atoms in total. The Bertz CT molecular complexity index is 795. The van der Waals surface area contributed by atoms with E-state index in [9.17, 15) is 9.59 Å². The number of hydrogen-bond acceptors (Lipinski definition) is 5. The van der Waals surface area contributed by atoms with Gasteiger partial charge in [-0.15, -0.1) is 0 Å². The number of hydrogen-bond donors (Lipinski definition) is 1. The first kappa shape index (κ1) is 18.9. The standard InChI is InChI=1S/C19H24N2O3Si/c1-12(22)18(25(3,4)5)14-8-6-13(7-9-14)17-10-16(20)15(11-21-17)19(23)24-2/h6-11,18H,1-5H3,(H2,20,21). The minimum absolute atomic E-state index is 0.0266. The van der Waals surface area contributed by atoms with Gasteiger partial charge < -0.3 is 10.5 Å². The van der Waals surface area contributed by atoms with E-state index in [0.29, 0.717) is 11.4 Å². The second kappa shape index (κ2) is 7.19. The Labute approximate surface area is 149 Å². The van der Waals surface area contributed by atoms with Gasteiger partial charge in [0, 0.05) is 23.0 Å². The molecule has 1 unspecified atom stereocenters. The molecule has 0 aliphatic carbocycles.